The molecular weight excluding hydrogens is 262 g/mol. The van der Waals surface area contributed by atoms with Crippen molar-refractivity contribution >= 4 is 21.4 Å². The van der Waals surface area contributed by atoms with Crippen molar-refractivity contribution in [2.45, 2.75) is 52.0 Å². The number of fused-ring (bicyclic) bond motifs is 1. The highest BCUT2D eigenvalue weighted by Gasteiger charge is 2.18. The molecule has 2 aromatic rings. The quantitative estimate of drug-likeness (QED) is 0.650. The van der Waals surface area contributed by atoms with Gasteiger partial charge in [0.1, 0.15) is 0 Å². The van der Waals surface area contributed by atoms with Gasteiger partial charge in [0, 0.05) is 10.7 Å². The molecule has 0 amide bonds. The monoisotopic (exact) mass is 289 g/mol. The highest BCUT2D eigenvalue weighted by Crippen LogP contribution is 2.34. The molecule has 1 nitrogen and oxygen atoms in total. The van der Waals surface area contributed by atoms with Crippen LogP contribution in [0.4, 0.5) is 0 Å². The molecule has 0 saturated carbocycles. The maximum absolute atomic E-state index is 3.54. The predicted molar refractivity (Wildman–Crippen MR) is 91.5 cm³/mol. The average Bonchev–Trinajstić information content (AvgIpc) is 2.92. The average molecular weight is 289 g/mol. The zero-order valence-corrected chi connectivity index (χ0v) is 13.8. The molecule has 0 fully saturated rings. The third kappa shape index (κ3) is 3.62. The molecule has 2 heteroatoms. The summed E-state index contributed by atoms with van der Waals surface area (Å²) in [6, 6.07) is 9.27. The molecule has 2 rings (SSSR count). The van der Waals surface area contributed by atoms with Crippen LogP contribution >= 0.6 is 11.3 Å². The lowest BCUT2D eigenvalue weighted by molar-refractivity contribution is 0.366. The van der Waals surface area contributed by atoms with Crippen LogP contribution in [0.3, 0.4) is 0 Å². The van der Waals surface area contributed by atoms with Gasteiger partial charge >= 0.3 is 0 Å². The summed E-state index contributed by atoms with van der Waals surface area (Å²) in [5.41, 5.74) is 1.49. The zero-order valence-electron chi connectivity index (χ0n) is 13.0. The van der Waals surface area contributed by atoms with E-state index in [1.54, 1.807) is 0 Å². The number of thiophene rings is 1. The third-order valence-electron chi connectivity index (χ3n) is 4.35. The van der Waals surface area contributed by atoms with E-state index in [1.165, 1.54) is 47.8 Å². The van der Waals surface area contributed by atoms with Crippen LogP contribution < -0.4 is 5.32 Å². The maximum Gasteiger partial charge on any atom is 0.0346 e. The van der Waals surface area contributed by atoms with Gasteiger partial charge in [-0.15, -0.1) is 11.3 Å². The summed E-state index contributed by atoms with van der Waals surface area (Å²) in [5, 5.41) is 7.32. The topological polar surface area (TPSA) is 12.0 Å². The highest BCUT2D eigenvalue weighted by atomic mass is 32.1. The minimum atomic E-state index is 0.493. The Hall–Kier alpha value is -0.860. The lowest BCUT2D eigenvalue weighted by Crippen LogP contribution is -2.19. The van der Waals surface area contributed by atoms with Crippen molar-refractivity contribution in [2.75, 3.05) is 7.05 Å². The Morgan fingerprint density at radius 2 is 2.00 bits per heavy atom. The Morgan fingerprint density at radius 3 is 2.70 bits per heavy atom. The fourth-order valence-corrected chi connectivity index (χ4v) is 4.00. The zero-order chi connectivity index (χ0) is 14.4. The van der Waals surface area contributed by atoms with Gasteiger partial charge in [0.05, 0.1) is 0 Å². The van der Waals surface area contributed by atoms with E-state index < -0.39 is 0 Å². The number of benzene rings is 1. The van der Waals surface area contributed by atoms with Gasteiger partial charge in [-0.2, -0.15) is 0 Å². The highest BCUT2D eigenvalue weighted by molar-refractivity contribution is 7.17. The van der Waals surface area contributed by atoms with E-state index >= 15 is 0 Å². The first-order valence-corrected chi connectivity index (χ1v) is 8.81. The largest absolute Gasteiger partial charge is 0.313 e. The molecule has 0 aliphatic carbocycles. The molecule has 0 bridgehead atoms. The van der Waals surface area contributed by atoms with E-state index in [2.05, 4.69) is 55.9 Å². The molecule has 0 radical (unpaired) electrons. The number of nitrogens with one attached hydrogen (secondary N) is 1. The number of hydrogen-bond donors (Lipinski definition) is 1. The standard InChI is InChI=1S/C18H27NS/c1-4-6-9-14(5-2)12-17(19-3)16-13-20-18-11-8-7-10-15(16)18/h7-8,10-11,13-14,17,19H,4-6,9,12H2,1-3H3. The molecule has 2 unspecified atom stereocenters. The molecule has 0 saturated heterocycles. The van der Waals surface area contributed by atoms with Crippen LogP contribution in [-0.4, -0.2) is 7.05 Å². The summed E-state index contributed by atoms with van der Waals surface area (Å²) in [6.45, 7) is 4.62. The summed E-state index contributed by atoms with van der Waals surface area (Å²) >= 11 is 1.87. The Kier molecular flexibility index (Phi) is 6.06. The van der Waals surface area contributed by atoms with Crippen molar-refractivity contribution in [2.24, 2.45) is 5.92 Å². The Morgan fingerprint density at radius 1 is 1.20 bits per heavy atom. The summed E-state index contributed by atoms with van der Waals surface area (Å²) in [5.74, 6) is 0.839. The van der Waals surface area contributed by atoms with Crippen LogP contribution in [0.2, 0.25) is 0 Å². The van der Waals surface area contributed by atoms with Gasteiger partial charge in [-0.25, -0.2) is 0 Å². The number of rotatable bonds is 8. The fourth-order valence-electron chi connectivity index (χ4n) is 2.98. The second-order valence-electron chi connectivity index (χ2n) is 5.68. The van der Waals surface area contributed by atoms with Crippen molar-refractivity contribution in [3.8, 4) is 0 Å². The van der Waals surface area contributed by atoms with Crippen molar-refractivity contribution in [1.29, 1.82) is 0 Å². The molecule has 2 atom stereocenters. The van der Waals surface area contributed by atoms with Gasteiger partial charge in [0.2, 0.25) is 0 Å². The number of unbranched alkanes of at least 4 members (excludes halogenated alkanes) is 1. The first-order chi connectivity index (χ1) is 9.80. The molecule has 20 heavy (non-hydrogen) atoms. The molecule has 0 aliphatic heterocycles. The van der Waals surface area contributed by atoms with Gasteiger partial charge in [-0.3, -0.25) is 0 Å². The van der Waals surface area contributed by atoms with Gasteiger partial charge in [0.25, 0.3) is 0 Å². The van der Waals surface area contributed by atoms with Crippen LogP contribution in [0.1, 0.15) is 57.6 Å². The van der Waals surface area contributed by atoms with Crippen LogP contribution in [0, 0.1) is 5.92 Å². The second kappa shape index (κ2) is 7.80. The lowest BCUT2D eigenvalue weighted by atomic mass is 9.89. The van der Waals surface area contributed by atoms with Crippen molar-refractivity contribution in [1.82, 2.24) is 5.32 Å². The molecule has 0 spiro atoms. The van der Waals surface area contributed by atoms with E-state index in [-0.39, 0.29) is 0 Å². The van der Waals surface area contributed by atoms with E-state index in [0.29, 0.717) is 6.04 Å². The molecule has 110 valence electrons. The molecule has 1 N–H and O–H groups in total. The minimum Gasteiger partial charge on any atom is -0.313 e. The molecule has 1 aromatic heterocycles. The summed E-state index contributed by atoms with van der Waals surface area (Å²) in [6.07, 6.45) is 6.59. The van der Waals surface area contributed by atoms with Crippen molar-refractivity contribution < 1.29 is 0 Å². The van der Waals surface area contributed by atoms with Gasteiger partial charge < -0.3 is 5.32 Å². The van der Waals surface area contributed by atoms with Crippen molar-refractivity contribution in [3.05, 3.63) is 35.2 Å². The first kappa shape index (κ1) is 15.5. The fraction of sp³-hybridized carbons (Fsp3) is 0.556. The summed E-state index contributed by atoms with van der Waals surface area (Å²) in [7, 11) is 2.10. The smallest absolute Gasteiger partial charge is 0.0346 e. The molecule has 1 aromatic carbocycles. The first-order valence-electron chi connectivity index (χ1n) is 7.93. The Balaban J connectivity index is 2.15. The Labute approximate surface area is 127 Å². The van der Waals surface area contributed by atoms with Crippen LogP contribution in [0.5, 0.6) is 0 Å². The van der Waals surface area contributed by atoms with E-state index in [4.69, 9.17) is 0 Å². The molecular formula is C18H27NS. The maximum atomic E-state index is 3.54. The van der Waals surface area contributed by atoms with Gasteiger partial charge in [-0.1, -0.05) is 57.7 Å². The van der Waals surface area contributed by atoms with Gasteiger partial charge in [-0.05, 0) is 41.8 Å². The second-order valence-corrected chi connectivity index (χ2v) is 6.59. The molecule has 1 heterocycles. The minimum absolute atomic E-state index is 0.493. The normalized spacial score (nSPS) is 14.6. The Bertz CT molecular complexity index is 517. The third-order valence-corrected chi connectivity index (χ3v) is 5.33. The van der Waals surface area contributed by atoms with Crippen LogP contribution in [0.25, 0.3) is 10.1 Å². The summed E-state index contributed by atoms with van der Waals surface area (Å²) in [4.78, 5) is 0. The number of hydrogen-bond acceptors (Lipinski definition) is 2. The van der Waals surface area contributed by atoms with Gasteiger partial charge in [0.15, 0.2) is 0 Å². The van der Waals surface area contributed by atoms with E-state index in [9.17, 15) is 0 Å². The van der Waals surface area contributed by atoms with Crippen LogP contribution in [0.15, 0.2) is 29.6 Å². The lowest BCUT2D eigenvalue weighted by Gasteiger charge is -2.22. The van der Waals surface area contributed by atoms with E-state index in [0.717, 1.165) is 5.92 Å². The van der Waals surface area contributed by atoms with E-state index in [1.807, 2.05) is 11.3 Å². The predicted octanol–water partition coefficient (Wildman–Crippen LogP) is 5.77. The summed E-state index contributed by atoms with van der Waals surface area (Å²) < 4.78 is 1.41. The van der Waals surface area contributed by atoms with Crippen molar-refractivity contribution in [3.63, 3.8) is 0 Å². The molecule has 0 aliphatic rings. The SMILES string of the molecule is CCCCC(CC)CC(NC)c1csc2ccccc12. The van der Waals surface area contributed by atoms with Crippen LogP contribution in [-0.2, 0) is 0 Å².